The molecule has 1 aromatic heterocycles. The summed E-state index contributed by atoms with van der Waals surface area (Å²) in [5.41, 5.74) is 0.521. The maximum atomic E-state index is 6.37. The van der Waals surface area contributed by atoms with Crippen LogP contribution in [0.15, 0.2) is 36.4 Å². The molecular formula is C15H6Cl7N3. The number of fused-ring (bicyclic) bond motifs is 1. The smallest absolute Gasteiger partial charge is 0.209 e. The van der Waals surface area contributed by atoms with E-state index in [2.05, 4.69) is 15.0 Å². The SMILES string of the molecule is Clc1ccc2ccccc2c1-c1nc(C(Cl)(Cl)Cl)nc(C(Cl)(Cl)Cl)n1. The Hall–Kier alpha value is -0.260. The quantitative estimate of drug-likeness (QED) is 0.355. The molecule has 0 radical (unpaired) electrons. The van der Waals surface area contributed by atoms with Crippen LogP contribution in [-0.2, 0) is 7.59 Å². The average molecular weight is 476 g/mol. The molecule has 3 nitrogen and oxygen atoms in total. The lowest BCUT2D eigenvalue weighted by molar-refractivity contribution is 0.852. The van der Waals surface area contributed by atoms with Crippen molar-refractivity contribution in [3.8, 4) is 11.4 Å². The lowest BCUT2D eigenvalue weighted by Crippen LogP contribution is -2.17. The maximum absolute atomic E-state index is 6.37. The van der Waals surface area contributed by atoms with E-state index in [1.54, 1.807) is 6.07 Å². The minimum atomic E-state index is -1.93. The van der Waals surface area contributed by atoms with Gasteiger partial charge < -0.3 is 0 Å². The van der Waals surface area contributed by atoms with Crippen LogP contribution in [0.25, 0.3) is 22.2 Å². The molecule has 1 heterocycles. The highest BCUT2D eigenvalue weighted by Gasteiger charge is 2.34. The zero-order valence-electron chi connectivity index (χ0n) is 12.0. The van der Waals surface area contributed by atoms with Crippen LogP contribution >= 0.6 is 81.2 Å². The number of hydrogen-bond donors (Lipinski definition) is 0. The Balaban J connectivity index is 2.36. The molecule has 10 heteroatoms. The third-order valence-corrected chi connectivity index (χ3v) is 4.57. The standard InChI is InChI=1S/C15H6Cl7N3/c16-9-6-5-7-3-1-2-4-8(7)10(9)11-23-12(14(17,18)19)25-13(24-11)15(20,21)22/h1-6H. The maximum Gasteiger partial charge on any atom is 0.250 e. The van der Waals surface area contributed by atoms with Crippen LogP contribution in [0.2, 0.25) is 5.02 Å². The van der Waals surface area contributed by atoms with Crippen molar-refractivity contribution in [3.05, 3.63) is 53.1 Å². The highest BCUT2D eigenvalue weighted by Crippen LogP contribution is 2.42. The number of hydrogen-bond acceptors (Lipinski definition) is 3. The van der Waals surface area contributed by atoms with E-state index in [0.717, 1.165) is 10.8 Å². The molecule has 0 aliphatic carbocycles. The van der Waals surface area contributed by atoms with Gasteiger partial charge in [-0.25, -0.2) is 15.0 Å². The van der Waals surface area contributed by atoms with E-state index in [1.807, 2.05) is 30.3 Å². The summed E-state index contributed by atoms with van der Waals surface area (Å²) in [5.74, 6) is -0.208. The predicted molar refractivity (Wildman–Crippen MR) is 106 cm³/mol. The van der Waals surface area contributed by atoms with Crippen LogP contribution < -0.4 is 0 Å². The molecule has 0 atom stereocenters. The van der Waals surface area contributed by atoms with Gasteiger partial charge in [-0.3, -0.25) is 0 Å². The zero-order valence-corrected chi connectivity index (χ0v) is 17.2. The van der Waals surface area contributed by atoms with Crippen molar-refractivity contribution < 1.29 is 0 Å². The van der Waals surface area contributed by atoms with E-state index < -0.39 is 7.59 Å². The summed E-state index contributed by atoms with van der Waals surface area (Å²) in [6.07, 6.45) is 0. The summed E-state index contributed by atoms with van der Waals surface area (Å²) in [4.78, 5) is 12.4. The minimum Gasteiger partial charge on any atom is -0.209 e. The molecule has 0 unspecified atom stereocenters. The Morgan fingerprint density at radius 2 is 1.24 bits per heavy atom. The molecule has 25 heavy (non-hydrogen) atoms. The topological polar surface area (TPSA) is 38.7 Å². The third-order valence-electron chi connectivity index (χ3n) is 3.24. The second-order valence-corrected chi connectivity index (χ2v) is 9.91. The van der Waals surface area contributed by atoms with Crippen molar-refractivity contribution in [1.29, 1.82) is 0 Å². The van der Waals surface area contributed by atoms with Crippen molar-refractivity contribution in [2.75, 3.05) is 0 Å². The number of alkyl halides is 6. The second-order valence-electron chi connectivity index (χ2n) is 4.95. The Bertz CT molecular complexity index is 916. The summed E-state index contributed by atoms with van der Waals surface area (Å²) in [6, 6.07) is 11.1. The minimum absolute atomic E-state index is 0.138. The fraction of sp³-hybridized carbons (Fsp3) is 0.133. The van der Waals surface area contributed by atoms with Gasteiger partial charge in [-0.1, -0.05) is 112 Å². The fourth-order valence-electron chi connectivity index (χ4n) is 2.21. The van der Waals surface area contributed by atoms with Crippen LogP contribution in [0.5, 0.6) is 0 Å². The monoisotopic (exact) mass is 473 g/mol. The van der Waals surface area contributed by atoms with Crippen molar-refractivity contribution in [2.24, 2.45) is 0 Å². The molecule has 0 aliphatic rings. The number of benzene rings is 2. The summed E-state index contributed by atoms with van der Waals surface area (Å²) in [7, 11) is 0. The van der Waals surface area contributed by atoms with Crippen molar-refractivity contribution >= 4 is 92.0 Å². The molecule has 0 spiro atoms. The number of aromatic nitrogens is 3. The number of rotatable bonds is 1. The van der Waals surface area contributed by atoms with Gasteiger partial charge in [0.25, 0.3) is 0 Å². The summed E-state index contributed by atoms with van der Waals surface area (Å²) >= 11 is 41.9. The molecule has 0 bridgehead atoms. The molecule has 0 saturated heterocycles. The highest BCUT2D eigenvalue weighted by atomic mass is 35.6. The normalized spacial score (nSPS) is 12.6. The van der Waals surface area contributed by atoms with E-state index in [0.29, 0.717) is 10.6 Å². The lowest BCUT2D eigenvalue weighted by atomic mass is 10.0. The molecule has 0 N–H and O–H groups in total. The van der Waals surface area contributed by atoms with Gasteiger partial charge in [0.15, 0.2) is 17.5 Å². The first kappa shape index (κ1) is 19.5. The van der Waals surface area contributed by atoms with E-state index in [1.165, 1.54) is 0 Å². The molecule has 0 amide bonds. The molecule has 130 valence electrons. The average Bonchev–Trinajstić information content (AvgIpc) is 2.52. The van der Waals surface area contributed by atoms with Gasteiger partial charge in [0.1, 0.15) is 0 Å². The van der Waals surface area contributed by atoms with E-state index in [9.17, 15) is 0 Å². The molecule has 0 aliphatic heterocycles. The van der Waals surface area contributed by atoms with Crippen LogP contribution in [0, 0.1) is 0 Å². The zero-order chi connectivity index (χ0) is 18.4. The third kappa shape index (κ3) is 4.19. The van der Waals surface area contributed by atoms with E-state index in [4.69, 9.17) is 81.2 Å². The van der Waals surface area contributed by atoms with Gasteiger partial charge in [-0.05, 0) is 16.8 Å². The molecule has 0 fully saturated rings. The number of halogens is 7. The summed E-state index contributed by atoms with van der Waals surface area (Å²) < 4.78 is -3.86. The van der Waals surface area contributed by atoms with Crippen molar-refractivity contribution in [1.82, 2.24) is 15.0 Å². The highest BCUT2D eigenvalue weighted by molar-refractivity contribution is 6.67. The molecule has 3 aromatic rings. The summed E-state index contributed by atoms with van der Waals surface area (Å²) in [6.45, 7) is 0. The van der Waals surface area contributed by atoms with Crippen LogP contribution in [0.4, 0.5) is 0 Å². The largest absolute Gasteiger partial charge is 0.250 e. The molecule has 3 rings (SSSR count). The fourth-order valence-corrected chi connectivity index (χ4v) is 2.97. The van der Waals surface area contributed by atoms with Crippen LogP contribution in [-0.4, -0.2) is 15.0 Å². The molecule has 0 saturated carbocycles. The lowest BCUT2D eigenvalue weighted by Gasteiger charge is -2.16. The Morgan fingerprint density at radius 1 is 0.680 bits per heavy atom. The van der Waals surface area contributed by atoms with Crippen LogP contribution in [0.3, 0.4) is 0 Å². The van der Waals surface area contributed by atoms with Crippen molar-refractivity contribution in [2.45, 2.75) is 7.59 Å². The number of nitrogens with zero attached hydrogens (tertiary/aromatic N) is 3. The first-order chi connectivity index (χ1) is 11.6. The Labute approximate surface area is 178 Å². The van der Waals surface area contributed by atoms with Crippen LogP contribution in [0.1, 0.15) is 11.6 Å². The van der Waals surface area contributed by atoms with E-state index in [-0.39, 0.29) is 17.5 Å². The van der Waals surface area contributed by atoms with E-state index >= 15 is 0 Å². The first-order valence-corrected chi connectivity index (χ1v) is 9.30. The first-order valence-electron chi connectivity index (χ1n) is 6.65. The molecular weight excluding hydrogens is 470 g/mol. The Morgan fingerprint density at radius 3 is 1.80 bits per heavy atom. The predicted octanol–water partition coefficient (Wildman–Crippen LogP) is 7.00. The summed E-state index contributed by atoms with van der Waals surface area (Å²) in [5, 5.41) is 2.12. The second kappa shape index (κ2) is 7.05. The van der Waals surface area contributed by atoms with Gasteiger partial charge in [-0.2, -0.15) is 0 Å². The van der Waals surface area contributed by atoms with Gasteiger partial charge in [0.05, 0.1) is 5.02 Å². The Kier molecular flexibility index (Phi) is 5.50. The molecule has 2 aromatic carbocycles. The van der Waals surface area contributed by atoms with Crippen molar-refractivity contribution in [3.63, 3.8) is 0 Å². The van der Waals surface area contributed by atoms with Gasteiger partial charge >= 0.3 is 0 Å². The van der Waals surface area contributed by atoms with Gasteiger partial charge in [0.2, 0.25) is 7.59 Å². The van der Waals surface area contributed by atoms with Gasteiger partial charge in [-0.15, -0.1) is 0 Å². The van der Waals surface area contributed by atoms with Gasteiger partial charge in [0, 0.05) is 5.56 Å².